The number of thioether (sulfide) groups is 1. The van der Waals surface area contributed by atoms with Crippen molar-refractivity contribution in [2.24, 2.45) is 10.9 Å². The summed E-state index contributed by atoms with van der Waals surface area (Å²) in [6, 6.07) is 1.06. The molecular weight excluding hydrogens is 382 g/mol. The highest BCUT2D eigenvalue weighted by Crippen LogP contribution is 2.52. The van der Waals surface area contributed by atoms with E-state index in [-0.39, 0.29) is 0 Å². The monoisotopic (exact) mass is 417 g/mol. The maximum absolute atomic E-state index is 12.5. The molecule has 0 spiro atoms. The Kier molecular flexibility index (Phi) is 5.78. The van der Waals surface area contributed by atoms with E-state index < -0.39 is 0 Å². The Morgan fingerprint density at radius 2 is 2.00 bits per heavy atom. The molecule has 6 nitrogen and oxygen atoms in total. The van der Waals surface area contributed by atoms with Crippen LogP contribution in [0.5, 0.6) is 0 Å². The quantitative estimate of drug-likeness (QED) is 0.720. The molecule has 0 bridgehead atoms. The zero-order valence-electron chi connectivity index (χ0n) is 17.6. The molecule has 0 aromatic heterocycles. The van der Waals surface area contributed by atoms with Gasteiger partial charge in [-0.3, -0.25) is 14.7 Å². The van der Waals surface area contributed by atoms with Gasteiger partial charge in [0.2, 0.25) is 5.91 Å². The molecular formula is C22H35N5OS. The van der Waals surface area contributed by atoms with Gasteiger partial charge in [-0.1, -0.05) is 6.42 Å². The number of carbonyl (C=O) groups excluding carboxylic acids is 1. The van der Waals surface area contributed by atoms with E-state index in [9.17, 15) is 4.79 Å². The first-order valence-electron chi connectivity index (χ1n) is 11.6. The molecule has 2 saturated heterocycles. The van der Waals surface area contributed by atoms with Crippen LogP contribution in [0, 0.1) is 5.92 Å². The van der Waals surface area contributed by atoms with Crippen LogP contribution in [-0.4, -0.2) is 71.4 Å². The van der Waals surface area contributed by atoms with Crippen molar-refractivity contribution in [3.63, 3.8) is 0 Å². The number of fused-ring (bicyclic) bond motifs is 3. The van der Waals surface area contributed by atoms with Gasteiger partial charge < -0.3 is 15.5 Å². The van der Waals surface area contributed by atoms with Crippen molar-refractivity contribution in [2.75, 3.05) is 26.7 Å². The minimum Gasteiger partial charge on any atom is -0.369 e. The average Bonchev–Trinajstić information content (AvgIpc) is 3.46. The summed E-state index contributed by atoms with van der Waals surface area (Å²) in [6.07, 6.45) is 13.0. The number of hydrogen-bond acceptors (Lipinski definition) is 6. The van der Waals surface area contributed by atoms with Gasteiger partial charge in [0.15, 0.2) is 0 Å². The highest BCUT2D eigenvalue weighted by Gasteiger charge is 2.45. The van der Waals surface area contributed by atoms with Gasteiger partial charge in [-0.2, -0.15) is 0 Å². The summed E-state index contributed by atoms with van der Waals surface area (Å²) in [5, 5.41) is 8.42. The first kappa shape index (κ1) is 19.7. The third-order valence-electron chi connectivity index (χ3n) is 7.64. The Morgan fingerprint density at radius 1 is 1.21 bits per heavy atom. The van der Waals surface area contributed by atoms with Crippen molar-refractivity contribution in [2.45, 2.75) is 80.5 Å². The second kappa shape index (κ2) is 8.50. The topological polar surface area (TPSA) is 60.0 Å². The molecule has 5 aliphatic rings. The number of amides is 1. The van der Waals surface area contributed by atoms with E-state index >= 15 is 0 Å². The highest BCUT2D eigenvalue weighted by molar-refractivity contribution is 8.01. The molecule has 5 rings (SSSR count). The molecule has 3 heterocycles. The molecule has 160 valence electrons. The predicted octanol–water partition coefficient (Wildman–Crippen LogP) is 2.53. The molecule has 4 fully saturated rings. The van der Waals surface area contributed by atoms with Crippen molar-refractivity contribution < 1.29 is 4.79 Å². The van der Waals surface area contributed by atoms with Crippen LogP contribution >= 0.6 is 11.8 Å². The predicted molar refractivity (Wildman–Crippen MR) is 119 cm³/mol. The fraction of sp³-hybridized carbons (Fsp3) is 0.818. The third-order valence-corrected chi connectivity index (χ3v) is 9.19. The Bertz CT molecular complexity index is 681. The Morgan fingerprint density at radius 3 is 2.79 bits per heavy atom. The maximum atomic E-state index is 12.5. The summed E-state index contributed by atoms with van der Waals surface area (Å²) in [6.45, 7) is 2.49. The highest BCUT2D eigenvalue weighted by atomic mass is 32.2. The minimum atomic E-state index is 0.318. The molecule has 7 heteroatoms. The smallest absolute Gasteiger partial charge is 0.236 e. The van der Waals surface area contributed by atoms with Gasteiger partial charge in [0.05, 0.1) is 12.9 Å². The first-order chi connectivity index (χ1) is 14.2. The van der Waals surface area contributed by atoms with E-state index in [1.54, 1.807) is 0 Å². The fourth-order valence-electron chi connectivity index (χ4n) is 5.94. The van der Waals surface area contributed by atoms with E-state index in [0.717, 1.165) is 24.3 Å². The molecule has 0 aromatic carbocycles. The lowest BCUT2D eigenvalue weighted by atomic mass is 9.89. The molecule has 1 amide bonds. The summed E-state index contributed by atoms with van der Waals surface area (Å²) in [5.74, 6) is 2.29. The average molecular weight is 418 g/mol. The number of aliphatic imine (C=N–C) groups is 1. The lowest BCUT2D eigenvalue weighted by Gasteiger charge is -2.36. The fourth-order valence-corrected chi connectivity index (χ4v) is 7.62. The molecule has 0 radical (unpaired) electrons. The van der Waals surface area contributed by atoms with Gasteiger partial charge >= 0.3 is 0 Å². The molecule has 2 saturated carbocycles. The van der Waals surface area contributed by atoms with Gasteiger partial charge in [0.1, 0.15) is 11.2 Å². The van der Waals surface area contributed by atoms with Gasteiger partial charge in [-0.05, 0) is 64.3 Å². The minimum absolute atomic E-state index is 0.318. The molecule has 3 aliphatic heterocycles. The number of likely N-dealkylation sites (tertiary alicyclic amines) is 1. The van der Waals surface area contributed by atoms with E-state index in [4.69, 9.17) is 4.99 Å². The number of nitrogens with zero attached hydrogens (tertiary/aromatic N) is 3. The normalized spacial score (nSPS) is 36.3. The summed E-state index contributed by atoms with van der Waals surface area (Å²) >= 11 is 2.07. The molecule has 2 N–H and O–H groups in total. The van der Waals surface area contributed by atoms with Crippen LogP contribution in [0.2, 0.25) is 0 Å². The van der Waals surface area contributed by atoms with E-state index in [1.165, 1.54) is 69.2 Å². The van der Waals surface area contributed by atoms with Gasteiger partial charge in [-0.15, -0.1) is 11.8 Å². The van der Waals surface area contributed by atoms with Crippen LogP contribution in [0.4, 0.5) is 0 Å². The van der Waals surface area contributed by atoms with Crippen molar-refractivity contribution in [3.05, 3.63) is 11.4 Å². The summed E-state index contributed by atoms with van der Waals surface area (Å²) in [4.78, 5) is 21.5. The van der Waals surface area contributed by atoms with Crippen molar-refractivity contribution in [1.29, 1.82) is 0 Å². The second-order valence-corrected chi connectivity index (χ2v) is 10.8. The second-order valence-electron chi connectivity index (χ2n) is 9.47. The number of hydrogen-bond donors (Lipinski definition) is 2. The van der Waals surface area contributed by atoms with Crippen LogP contribution < -0.4 is 10.6 Å². The number of nitrogens with one attached hydrogen (secondary N) is 2. The summed E-state index contributed by atoms with van der Waals surface area (Å²) in [7, 11) is 2.14. The Labute approximate surface area is 178 Å². The number of rotatable bonds is 5. The van der Waals surface area contributed by atoms with E-state index in [2.05, 4.69) is 34.3 Å². The molecule has 29 heavy (non-hydrogen) atoms. The molecule has 2 aliphatic carbocycles. The lowest BCUT2D eigenvalue weighted by molar-refractivity contribution is -0.131. The number of carbonyl (C=O) groups is 1. The van der Waals surface area contributed by atoms with E-state index in [0.29, 0.717) is 29.9 Å². The Balaban J connectivity index is 1.14. The van der Waals surface area contributed by atoms with Crippen LogP contribution in [0.15, 0.2) is 16.4 Å². The standard InChI is InChI=1S/C22H35N5OS/c1-26(13-19(28)27-11-2-3-12-27)16-9-7-15(8-10-16)25-21-20-17-5-4-6-18(17)29-22(20)24-14-23-21/h14-18,22,25H,2-13H2,1H3,(H,23,24). The van der Waals surface area contributed by atoms with Crippen molar-refractivity contribution in [1.82, 2.24) is 20.4 Å². The zero-order chi connectivity index (χ0) is 19.8. The van der Waals surface area contributed by atoms with Crippen LogP contribution in [0.25, 0.3) is 0 Å². The van der Waals surface area contributed by atoms with Gasteiger partial charge in [-0.25, -0.2) is 0 Å². The van der Waals surface area contributed by atoms with Gasteiger partial charge in [0.25, 0.3) is 0 Å². The number of likely N-dealkylation sites (N-methyl/N-ethyl adjacent to an activating group) is 1. The van der Waals surface area contributed by atoms with Crippen molar-refractivity contribution in [3.8, 4) is 0 Å². The van der Waals surface area contributed by atoms with Crippen molar-refractivity contribution >= 4 is 24.0 Å². The first-order valence-corrected chi connectivity index (χ1v) is 12.6. The largest absolute Gasteiger partial charge is 0.369 e. The molecule has 3 unspecified atom stereocenters. The zero-order valence-corrected chi connectivity index (χ0v) is 18.4. The molecule has 0 aromatic rings. The van der Waals surface area contributed by atoms with Crippen LogP contribution in [0.3, 0.4) is 0 Å². The van der Waals surface area contributed by atoms with Crippen LogP contribution in [0.1, 0.15) is 57.8 Å². The maximum Gasteiger partial charge on any atom is 0.236 e. The summed E-state index contributed by atoms with van der Waals surface area (Å²) < 4.78 is 0. The summed E-state index contributed by atoms with van der Waals surface area (Å²) in [5.41, 5.74) is 1.54. The van der Waals surface area contributed by atoms with E-state index in [1.807, 2.05) is 11.2 Å². The third kappa shape index (κ3) is 4.05. The SMILES string of the molecule is CN(CC(=O)N1CCCC1)C1CCC(NC2=C3C(N=CN2)SC2CCCC32)CC1. The van der Waals surface area contributed by atoms with Gasteiger partial charge in [0, 0.05) is 36.0 Å². The lowest BCUT2D eigenvalue weighted by Crippen LogP contribution is -2.46. The van der Waals surface area contributed by atoms with Crippen LogP contribution in [-0.2, 0) is 4.79 Å². The Hall–Kier alpha value is -1.21. The molecule has 3 atom stereocenters.